The number of piperazine rings is 1. The summed E-state index contributed by atoms with van der Waals surface area (Å²) in [7, 11) is 0. The van der Waals surface area contributed by atoms with Gasteiger partial charge >= 0.3 is 5.97 Å². The summed E-state index contributed by atoms with van der Waals surface area (Å²) in [5.41, 5.74) is 1.04. The molecule has 0 saturated carbocycles. The molecule has 5 nitrogen and oxygen atoms in total. The molecule has 0 spiro atoms. The minimum Gasteiger partial charge on any atom is -0.462 e. The molecular weight excluding hydrogens is 407 g/mol. The van der Waals surface area contributed by atoms with Crippen molar-refractivity contribution in [2.75, 3.05) is 32.8 Å². The lowest BCUT2D eigenvalue weighted by atomic mass is 10.1. The van der Waals surface area contributed by atoms with Crippen LogP contribution in [0, 0.1) is 3.57 Å². The molecule has 1 aromatic rings. The van der Waals surface area contributed by atoms with Gasteiger partial charge in [0.25, 0.3) is 5.91 Å². The van der Waals surface area contributed by atoms with Crippen molar-refractivity contribution in [1.29, 1.82) is 0 Å². The molecule has 0 aromatic heterocycles. The van der Waals surface area contributed by atoms with Crippen LogP contribution in [0.5, 0.6) is 0 Å². The van der Waals surface area contributed by atoms with Crippen LogP contribution >= 0.6 is 22.6 Å². The van der Waals surface area contributed by atoms with Crippen LogP contribution in [0.2, 0.25) is 0 Å². The zero-order valence-electron chi connectivity index (χ0n) is 13.8. The highest BCUT2D eigenvalue weighted by Gasteiger charge is 2.26. The number of halogens is 1. The average molecular weight is 430 g/mol. The summed E-state index contributed by atoms with van der Waals surface area (Å²) in [6.07, 6.45) is 0. The van der Waals surface area contributed by atoms with Crippen LogP contribution in [0.1, 0.15) is 41.5 Å². The van der Waals surface area contributed by atoms with Crippen molar-refractivity contribution >= 4 is 34.5 Å². The van der Waals surface area contributed by atoms with E-state index in [1.54, 1.807) is 25.1 Å². The minimum absolute atomic E-state index is 0.0102. The third-order valence-corrected chi connectivity index (χ3v) is 5.22. The van der Waals surface area contributed by atoms with Crippen LogP contribution < -0.4 is 0 Å². The van der Waals surface area contributed by atoms with Crippen molar-refractivity contribution in [3.63, 3.8) is 0 Å². The average Bonchev–Trinajstić information content (AvgIpc) is 2.54. The van der Waals surface area contributed by atoms with Crippen LogP contribution in [-0.4, -0.2) is 60.5 Å². The molecule has 1 aliphatic rings. The quantitative estimate of drug-likeness (QED) is 0.545. The number of carbonyl (C=O) groups is 2. The number of ether oxygens (including phenoxy) is 1. The van der Waals surface area contributed by atoms with E-state index < -0.39 is 0 Å². The molecule has 126 valence electrons. The minimum atomic E-state index is -0.379. The van der Waals surface area contributed by atoms with E-state index in [9.17, 15) is 9.59 Å². The summed E-state index contributed by atoms with van der Waals surface area (Å²) in [5.74, 6) is -0.389. The topological polar surface area (TPSA) is 49.9 Å². The highest BCUT2D eigenvalue weighted by Crippen LogP contribution is 2.21. The van der Waals surface area contributed by atoms with Gasteiger partial charge in [0.05, 0.1) is 17.7 Å². The van der Waals surface area contributed by atoms with Crippen LogP contribution in [0.4, 0.5) is 0 Å². The predicted molar refractivity (Wildman–Crippen MR) is 97.7 cm³/mol. The fraction of sp³-hybridized carbons (Fsp3) is 0.529. The summed E-state index contributed by atoms with van der Waals surface area (Å²) in [6.45, 7) is 9.65. The van der Waals surface area contributed by atoms with Crippen molar-refractivity contribution < 1.29 is 14.3 Å². The molecule has 0 radical (unpaired) electrons. The Kier molecular flexibility index (Phi) is 6.41. The molecule has 6 heteroatoms. The normalized spacial score (nSPS) is 15.8. The molecule has 2 rings (SSSR count). The van der Waals surface area contributed by atoms with E-state index in [1.165, 1.54) is 0 Å². The number of hydrogen-bond donors (Lipinski definition) is 0. The second kappa shape index (κ2) is 8.10. The SMILES string of the molecule is CCOC(=O)c1cccc(C(=O)N2CCN(C(C)C)CC2)c1I. The van der Waals surface area contributed by atoms with E-state index in [-0.39, 0.29) is 11.9 Å². The summed E-state index contributed by atoms with van der Waals surface area (Å²) in [5, 5.41) is 0. The largest absolute Gasteiger partial charge is 0.462 e. The van der Waals surface area contributed by atoms with Gasteiger partial charge in [0.15, 0.2) is 0 Å². The Bertz CT molecular complexity index is 581. The number of esters is 1. The molecule has 0 aliphatic carbocycles. The number of amides is 1. The molecule has 1 saturated heterocycles. The molecule has 0 N–H and O–H groups in total. The van der Waals surface area contributed by atoms with Crippen molar-refractivity contribution in [3.8, 4) is 0 Å². The Labute approximate surface area is 151 Å². The molecule has 0 atom stereocenters. The van der Waals surface area contributed by atoms with Gasteiger partial charge in [-0.15, -0.1) is 0 Å². The Morgan fingerprint density at radius 3 is 2.35 bits per heavy atom. The van der Waals surface area contributed by atoms with Gasteiger partial charge in [-0.05, 0) is 55.5 Å². The van der Waals surface area contributed by atoms with Crippen molar-refractivity contribution in [1.82, 2.24) is 9.80 Å². The summed E-state index contributed by atoms with van der Waals surface area (Å²) in [6, 6.07) is 5.72. The van der Waals surface area contributed by atoms with Gasteiger partial charge in [0.2, 0.25) is 0 Å². The van der Waals surface area contributed by atoms with E-state index in [2.05, 4.69) is 41.3 Å². The number of hydrogen-bond acceptors (Lipinski definition) is 4. The lowest BCUT2D eigenvalue weighted by Crippen LogP contribution is -2.50. The number of carbonyl (C=O) groups excluding carboxylic acids is 2. The van der Waals surface area contributed by atoms with Gasteiger partial charge in [0.1, 0.15) is 0 Å². The summed E-state index contributed by atoms with van der Waals surface area (Å²) >= 11 is 2.06. The maximum atomic E-state index is 12.8. The van der Waals surface area contributed by atoms with Gasteiger partial charge in [-0.3, -0.25) is 9.69 Å². The first-order chi connectivity index (χ1) is 11.0. The zero-order valence-corrected chi connectivity index (χ0v) is 16.0. The standard InChI is InChI=1S/C17H23IN2O3/c1-4-23-17(22)14-7-5-6-13(15(14)18)16(21)20-10-8-19(9-11-20)12(2)3/h5-7,12H,4,8-11H2,1-3H3. The van der Waals surface area contributed by atoms with E-state index in [4.69, 9.17) is 4.74 Å². The van der Waals surface area contributed by atoms with Crippen molar-refractivity contribution in [3.05, 3.63) is 32.9 Å². The lowest BCUT2D eigenvalue weighted by Gasteiger charge is -2.37. The Hall–Kier alpha value is -1.15. The maximum Gasteiger partial charge on any atom is 0.339 e. The van der Waals surface area contributed by atoms with Crippen LogP contribution in [0.25, 0.3) is 0 Å². The highest BCUT2D eigenvalue weighted by atomic mass is 127. The van der Waals surface area contributed by atoms with Crippen LogP contribution in [0.3, 0.4) is 0 Å². The molecule has 23 heavy (non-hydrogen) atoms. The first-order valence-electron chi connectivity index (χ1n) is 7.94. The number of nitrogens with zero attached hydrogens (tertiary/aromatic N) is 2. The molecule has 1 aliphatic heterocycles. The fourth-order valence-corrected chi connectivity index (χ4v) is 3.49. The molecule has 0 bridgehead atoms. The molecular formula is C17H23IN2O3. The first-order valence-corrected chi connectivity index (χ1v) is 9.02. The number of benzene rings is 1. The van der Waals surface area contributed by atoms with Crippen LogP contribution in [-0.2, 0) is 4.74 Å². The van der Waals surface area contributed by atoms with Gasteiger partial charge in [0, 0.05) is 35.8 Å². The van der Waals surface area contributed by atoms with Gasteiger partial charge in [-0.2, -0.15) is 0 Å². The molecule has 1 amide bonds. The maximum absolute atomic E-state index is 12.8. The predicted octanol–water partition coefficient (Wildman–Crippen LogP) is 2.63. The Morgan fingerprint density at radius 1 is 1.17 bits per heavy atom. The van der Waals surface area contributed by atoms with Crippen molar-refractivity contribution in [2.45, 2.75) is 26.8 Å². The highest BCUT2D eigenvalue weighted by molar-refractivity contribution is 14.1. The second-order valence-electron chi connectivity index (χ2n) is 5.81. The van der Waals surface area contributed by atoms with E-state index in [0.29, 0.717) is 27.3 Å². The smallest absolute Gasteiger partial charge is 0.339 e. The van der Waals surface area contributed by atoms with E-state index in [1.807, 2.05) is 4.90 Å². The second-order valence-corrected chi connectivity index (χ2v) is 6.89. The van der Waals surface area contributed by atoms with Gasteiger partial charge in [-0.1, -0.05) is 6.07 Å². The summed E-state index contributed by atoms with van der Waals surface area (Å²) < 4.78 is 5.72. The lowest BCUT2D eigenvalue weighted by molar-refractivity contribution is 0.0525. The molecule has 1 aromatic carbocycles. The van der Waals surface area contributed by atoms with E-state index in [0.717, 1.165) is 26.2 Å². The third-order valence-electron chi connectivity index (χ3n) is 4.06. The molecule has 1 fully saturated rings. The van der Waals surface area contributed by atoms with Gasteiger partial charge < -0.3 is 9.64 Å². The monoisotopic (exact) mass is 430 g/mol. The molecule has 1 heterocycles. The van der Waals surface area contributed by atoms with Crippen LogP contribution in [0.15, 0.2) is 18.2 Å². The van der Waals surface area contributed by atoms with Gasteiger partial charge in [-0.25, -0.2) is 4.79 Å². The number of rotatable bonds is 4. The first kappa shape index (κ1) is 18.2. The Morgan fingerprint density at radius 2 is 1.78 bits per heavy atom. The third kappa shape index (κ3) is 4.23. The summed E-state index contributed by atoms with van der Waals surface area (Å²) in [4.78, 5) is 29.0. The molecule has 0 unspecified atom stereocenters. The fourth-order valence-electron chi connectivity index (χ4n) is 2.68. The van der Waals surface area contributed by atoms with E-state index >= 15 is 0 Å². The zero-order chi connectivity index (χ0) is 17.0. The van der Waals surface area contributed by atoms with Crippen molar-refractivity contribution in [2.24, 2.45) is 0 Å². The Balaban J connectivity index is 2.14.